The van der Waals surface area contributed by atoms with Crippen molar-refractivity contribution in [2.75, 3.05) is 23.7 Å². The quantitative estimate of drug-likeness (QED) is 0.724. The number of rotatable bonds is 5. The first-order chi connectivity index (χ1) is 12.7. The van der Waals surface area contributed by atoms with E-state index in [0.29, 0.717) is 17.3 Å². The highest BCUT2D eigenvalue weighted by Crippen LogP contribution is 2.36. The molecule has 1 aromatic rings. The van der Waals surface area contributed by atoms with Crippen LogP contribution in [-0.2, 0) is 24.8 Å². The number of carbonyl (C=O) groups excluding carboxylic acids is 1. The van der Waals surface area contributed by atoms with Crippen LogP contribution < -0.4 is 9.04 Å². The van der Waals surface area contributed by atoms with Crippen LogP contribution in [-0.4, -0.2) is 52.5 Å². The lowest BCUT2D eigenvalue weighted by atomic mass is 10.0. The molecule has 10 heteroatoms. The van der Waals surface area contributed by atoms with Crippen molar-refractivity contribution in [2.45, 2.75) is 50.0 Å². The van der Waals surface area contributed by atoms with Crippen molar-refractivity contribution in [2.24, 2.45) is 0 Å². The van der Waals surface area contributed by atoms with Crippen molar-refractivity contribution in [3.05, 3.63) is 18.2 Å². The summed E-state index contributed by atoms with van der Waals surface area (Å²) >= 11 is 0. The first-order valence-corrected chi connectivity index (χ1v) is 12.0. The molecule has 0 spiro atoms. The zero-order valence-electron chi connectivity index (χ0n) is 15.4. The first kappa shape index (κ1) is 20.1. The van der Waals surface area contributed by atoms with Crippen LogP contribution in [0, 0.1) is 0 Å². The van der Waals surface area contributed by atoms with Crippen molar-refractivity contribution in [1.82, 2.24) is 4.31 Å². The SMILES string of the molecule is CC[C@H]1CCCCN1S(=O)(=O)c1cc(N2C(=O)CCS2(=O)=O)ccc1OC. The van der Waals surface area contributed by atoms with Gasteiger partial charge in [-0.25, -0.2) is 21.1 Å². The fraction of sp³-hybridized carbons (Fsp3) is 0.588. The van der Waals surface area contributed by atoms with Gasteiger partial charge in [0, 0.05) is 19.0 Å². The number of sulfonamides is 2. The standard InChI is InChI=1S/C17H24N2O6S2/c1-3-13-6-4-5-10-18(13)27(23,24)16-12-14(7-8-15(16)25-2)19-17(20)9-11-26(19,21)22/h7-8,12-13H,3-6,9-11H2,1-2H3/t13-/m0/s1. The molecule has 0 bridgehead atoms. The van der Waals surface area contributed by atoms with Crippen LogP contribution in [0.2, 0.25) is 0 Å². The normalized spacial score (nSPS) is 23.6. The summed E-state index contributed by atoms with van der Waals surface area (Å²) in [6.07, 6.45) is 3.12. The molecule has 0 unspecified atom stereocenters. The summed E-state index contributed by atoms with van der Waals surface area (Å²) in [7, 11) is -6.31. The number of methoxy groups -OCH3 is 1. The van der Waals surface area contributed by atoms with Crippen LogP contribution in [0.4, 0.5) is 5.69 Å². The molecule has 2 aliphatic rings. The number of anilines is 1. The fourth-order valence-electron chi connectivity index (χ4n) is 3.69. The summed E-state index contributed by atoms with van der Waals surface area (Å²) in [5.74, 6) is -0.708. The van der Waals surface area contributed by atoms with Crippen molar-refractivity contribution < 1.29 is 26.4 Å². The van der Waals surface area contributed by atoms with Gasteiger partial charge in [-0.05, 0) is 37.5 Å². The van der Waals surface area contributed by atoms with E-state index < -0.39 is 26.0 Å². The summed E-state index contributed by atoms with van der Waals surface area (Å²) in [4.78, 5) is 11.9. The van der Waals surface area contributed by atoms with Gasteiger partial charge in [0.2, 0.25) is 26.0 Å². The maximum Gasteiger partial charge on any atom is 0.247 e. The van der Waals surface area contributed by atoms with E-state index in [9.17, 15) is 21.6 Å². The Labute approximate surface area is 160 Å². The highest BCUT2D eigenvalue weighted by molar-refractivity contribution is 7.94. The number of carbonyl (C=O) groups is 1. The topological polar surface area (TPSA) is 101 Å². The van der Waals surface area contributed by atoms with Crippen LogP contribution in [0.25, 0.3) is 0 Å². The lowest BCUT2D eigenvalue weighted by Gasteiger charge is -2.34. The Kier molecular flexibility index (Phi) is 5.51. The lowest BCUT2D eigenvalue weighted by molar-refractivity contribution is -0.116. The van der Waals surface area contributed by atoms with Crippen molar-refractivity contribution in [3.8, 4) is 5.75 Å². The van der Waals surface area contributed by atoms with Gasteiger partial charge in [0.25, 0.3) is 0 Å². The molecule has 3 rings (SSSR count). The summed E-state index contributed by atoms with van der Waals surface area (Å²) < 4.78 is 58.5. The van der Waals surface area contributed by atoms with Gasteiger partial charge in [-0.1, -0.05) is 13.3 Å². The predicted molar refractivity (Wildman–Crippen MR) is 101 cm³/mol. The minimum atomic E-state index is -3.90. The Morgan fingerprint density at radius 1 is 1.26 bits per heavy atom. The number of nitrogens with zero attached hydrogens (tertiary/aromatic N) is 2. The molecule has 2 heterocycles. The monoisotopic (exact) mass is 416 g/mol. The summed E-state index contributed by atoms with van der Waals surface area (Å²) in [5.41, 5.74) is 0.0296. The molecule has 27 heavy (non-hydrogen) atoms. The maximum absolute atomic E-state index is 13.3. The van der Waals surface area contributed by atoms with E-state index in [4.69, 9.17) is 4.74 Å². The van der Waals surface area contributed by atoms with Crippen LogP contribution >= 0.6 is 0 Å². The van der Waals surface area contributed by atoms with E-state index in [1.165, 1.54) is 29.6 Å². The molecule has 0 radical (unpaired) electrons. The van der Waals surface area contributed by atoms with Crippen molar-refractivity contribution in [3.63, 3.8) is 0 Å². The van der Waals surface area contributed by atoms with Gasteiger partial charge in [-0.2, -0.15) is 4.31 Å². The average molecular weight is 417 g/mol. The molecule has 2 saturated heterocycles. The van der Waals surface area contributed by atoms with Gasteiger partial charge < -0.3 is 4.74 Å². The van der Waals surface area contributed by atoms with Gasteiger partial charge in [-0.15, -0.1) is 0 Å². The smallest absolute Gasteiger partial charge is 0.247 e. The Bertz CT molecular complexity index is 942. The molecule has 0 saturated carbocycles. The number of amides is 1. The molecule has 1 atom stereocenters. The molecule has 1 amide bonds. The maximum atomic E-state index is 13.3. The van der Waals surface area contributed by atoms with Crippen LogP contribution in [0.5, 0.6) is 5.75 Å². The van der Waals surface area contributed by atoms with Crippen molar-refractivity contribution >= 4 is 31.6 Å². The molecule has 0 aromatic heterocycles. The second kappa shape index (κ2) is 7.40. The average Bonchev–Trinajstić information content (AvgIpc) is 2.93. The number of hydrogen-bond donors (Lipinski definition) is 0. The fourth-order valence-corrected chi connectivity index (χ4v) is 7.08. The van der Waals surface area contributed by atoms with Gasteiger partial charge in [-0.3, -0.25) is 4.79 Å². The van der Waals surface area contributed by atoms with Gasteiger partial charge in [0.1, 0.15) is 10.6 Å². The molecule has 1 aromatic carbocycles. The van der Waals surface area contributed by atoms with E-state index in [2.05, 4.69) is 0 Å². The van der Waals surface area contributed by atoms with Crippen LogP contribution in [0.1, 0.15) is 39.0 Å². The summed E-state index contributed by atoms with van der Waals surface area (Å²) in [6, 6.07) is 3.92. The summed E-state index contributed by atoms with van der Waals surface area (Å²) in [6.45, 7) is 2.36. The molecular formula is C17H24N2O6S2. The minimum Gasteiger partial charge on any atom is -0.495 e. The highest BCUT2D eigenvalue weighted by atomic mass is 32.2. The van der Waals surface area contributed by atoms with Crippen LogP contribution in [0.3, 0.4) is 0 Å². The van der Waals surface area contributed by atoms with E-state index >= 15 is 0 Å². The largest absolute Gasteiger partial charge is 0.495 e. The van der Waals surface area contributed by atoms with E-state index in [0.717, 1.165) is 19.3 Å². The second-order valence-electron chi connectivity index (χ2n) is 6.73. The number of piperidine rings is 1. The number of hydrogen-bond acceptors (Lipinski definition) is 6. The Morgan fingerprint density at radius 2 is 2.00 bits per heavy atom. The van der Waals surface area contributed by atoms with Gasteiger partial charge in [0.15, 0.2) is 0 Å². The molecule has 0 N–H and O–H groups in total. The third-order valence-corrected chi connectivity index (χ3v) is 8.76. The minimum absolute atomic E-state index is 0.0296. The second-order valence-corrected chi connectivity index (χ2v) is 10.5. The first-order valence-electron chi connectivity index (χ1n) is 8.98. The molecule has 150 valence electrons. The molecule has 0 aliphatic carbocycles. The number of benzene rings is 1. The third kappa shape index (κ3) is 3.57. The van der Waals surface area contributed by atoms with Crippen molar-refractivity contribution in [1.29, 1.82) is 0 Å². The Morgan fingerprint density at radius 3 is 2.59 bits per heavy atom. The zero-order chi connectivity index (χ0) is 19.8. The number of ether oxygens (including phenoxy) is 1. The van der Waals surface area contributed by atoms with Gasteiger partial charge in [0.05, 0.1) is 18.6 Å². The molecular weight excluding hydrogens is 392 g/mol. The lowest BCUT2D eigenvalue weighted by Crippen LogP contribution is -2.43. The van der Waals surface area contributed by atoms with E-state index in [-0.39, 0.29) is 34.5 Å². The molecule has 8 nitrogen and oxygen atoms in total. The third-order valence-electron chi connectivity index (χ3n) is 5.09. The highest BCUT2D eigenvalue weighted by Gasteiger charge is 2.39. The molecule has 2 aliphatic heterocycles. The van der Waals surface area contributed by atoms with E-state index in [1.807, 2.05) is 6.92 Å². The van der Waals surface area contributed by atoms with Crippen LogP contribution in [0.15, 0.2) is 23.1 Å². The molecule has 2 fully saturated rings. The predicted octanol–water partition coefficient (Wildman–Crippen LogP) is 1.71. The van der Waals surface area contributed by atoms with E-state index in [1.54, 1.807) is 0 Å². The van der Waals surface area contributed by atoms with Gasteiger partial charge >= 0.3 is 0 Å². The zero-order valence-corrected chi connectivity index (χ0v) is 17.1. The summed E-state index contributed by atoms with van der Waals surface area (Å²) in [5, 5.41) is 0. The Hall–Kier alpha value is -1.65. The Balaban J connectivity index is 2.10.